The third-order valence-electron chi connectivity index (χ3n) is 3.19. The number of nitrogens with one attached hydrogen (secondary N) is 1. The fourth-order valence-electron chi connectivity index (χ4n) is 2.02. The summed E-state index contributed by atoms with van der Waals surface area (Å²) in [6, 6.07) is 7.96. The van der Waals surface area contributed by atoms with E-state index in [0.29, 0.717) is 6.54 Å². The molecule has 0 aliphatic carbocycles. The summed E-state index contributed by atoms with van der Waals surface area (Å²) in [4.78, 5) is 7.68. The van der Waals surface area contributed by atoms with Crippen LogP contribution in [0.25, 0.3) is 22.2 Å². The van der Waals surface area contributed by atoms with Gasteiger partial charge in [0.05, 0.1) is 11.9 Å². The van der Waals surface area contributed by atoms with E-state index in [1.54, 1.807) is 6.26 Å². The fraction of sp³-hybridized carbons (Fsp3) is 0.214. The van der Waals surface area contributed by atoms with Crippen molar-refractivity contribution >= 4 is 11.0 Å². The van der Waals surface area contributed by atoms with Gasteiger partial charge in [0.25, 0.3) is 0 Å². The molecule has 4 nitrogen and oxygen atoms in total. The van der Waals surface area contributed by atoms with E-state index in [1.165, 1.54) is 0 Å². The van der Waals surface area contributed by atoms with Crippen LogP contribution in [0.2, 0.25) is 0 Å². The minimum absolute atomic E-state index is 0.233. The average molecular weight is 241 g/mol. The Kier molecular flexibility index (Phi) is 2.64. The van der Waals surface area contributed by atoms with E-state index < -0.39 is 0 Å². The molecule has 2 heterocycles. The summed E-state index contributed by atoms with van der Waals surface area (Å²) in [5, 5.41) is 1.09. The SMILES string of the molecule is CC(CN)c1ncc(-c2coc3ccccc23)[nH]1. The van der Waals surface area contributed by atoms with Crippen LogP contribution in [0, 0.1) is 0 Å². The average Bonchev–Trinajstić information content (AvgIpc) is 3.03. The van der Waals surface area contributed by atoms with Crippen LogP contribution in [0.1, 0.15) is 18.7 Å². The Hall–Kier alpha value is -2.07. The number of imidazole rings is 1. The van der Waals surface area contributed by atoms with Crippen LogP contribution in [0.15, 0.2) is 41.1 Å². The molecule has 3 N–H and O–H groups in total. The second-order valence-electron chi connectivity index (χ2n) is 4.46. The van der Waals surface area contributed by atoms with Crippen LogP contribution >= 0.6 is 0 Å². The standard InChI is InChI=1S/C14H15N3O/c1-9(6-15)14-16-7-12(17-14)11-8-18-13-5-3-2-4-10(11)13/h2-5,7-9H,6,15H2,1H3,(H,16,17). The Labute approximate surface area is 105 Å². The smallest absolute Gasteiger partial charge is 0.134 e. The van der Waals surface area contributed by atoms with Crippen LogP contribution in [0.5, 0.6) is 0 Å². The number of fused-ring (bicyclic) bond motifs is 1. The number of para-hydroxylation sites is 1. The summed E-state index contributed by atoms with van der Waals surface area (Å²) in [7, 11) is 0. The van der Waals surface area contributed by atoms with Crippen LogP contribution in [-0.4, -0.2) is 16.5 Å². The zero-order valence-corrected chi connectivity index (χ0v) is 10.2. The summed E-state index contributed by atoms with van der Waals surface area (Å²) < 4.78 is 5.53. The van der Waals surface area contributed by atoms with E-state index in [4.69, 9.17) is 10.2 Å². The first-order valence-corrected chi connectivity index (χ1v) is 6.01. The van der Waals surface area contributed by atoms with E-state index in [2.05, 4.69) is 16.9 Å². The zero-order valence-electron chi connectivity index (χ0n) is 10.2. The van der Waals surface area contributed by atoms with Crippen molar-refractivity contribution in [2.24, 2.45) is 5.73 Å². The maximum atomic E-state index is 5.64. The molecule has 4 heteroatoms. The van der Waals surface area contributed by atoms with Gasteiger partial charge in [0.15, 0.2) is 0 Å². The van der Waals surface area contributed by atoms with E-state index in [9.17, 15) is 0 Å². The van der Waals surface area contributed by atoms with E-state index in [0.717, 1.165) is 28.1 Å². The number of benzene rings is 1. The molecule has 0 saturated carbocycles. The maximum Gasteiger partial charge on any atom is 0.134 e. The van der Waals surface area contributed by atoms with Gasteiger partial charge in [-0.25, -0.2) is 4.98 Å². The third-order valence-corrected chi connectivity index (χ3v) is 3.19. The first-order valence-electron chi connectivity index (χ1n) is 6.01. The van der Waals surface area contributed by atoms with Gasteiger partial charge < -0.3 is 15.1 Å². The van der Waals surface area contributed by atoms with Gasteiger partial charge in [-0.1, -0.05) is 25.1 Å². The highest BCUT2D eigenvalue weighted by Gasteiger charge is 2.12. The lowest BCUT2D eigenvalue weighted by atomic mass is 10.1. The lowest BCUT2D eigenvalue weighted by molar-refractivity contribution is 0.617. The first-order chi connectivity index (χ1) is 8.79. The molecule has 1 unspecified atom stereocenters. The van der Waals surface area contributed by atoms with Gasteiger partial charge in [-0.15, -0.1) is 0 Å². The van der Waals surface area contributed by atoms with Crippen molar-refractivity contribution in [2.45, 2.75) is 12.8 Å². The van der Waals surface area contributed by atoms with Crippen molar-refractivity contribution in [3.05, 3.63) is 42.5 Å². The first kappa shape index (κ1) is 11.0. The molecule has 3 aromatic rings. The van der Waals surface area contributed by atoms with Crippen molar-refractivity contribution in [3.63, 3.8) is 0 Å². The zero-order chi connectivity index (χ0) is 12.5. The fourth-order valence-corrected chi connectivity index (χ4v) is 2.02. The lowest BCUT2D eigenvalue weighted by Gasteiger charge is -2.02. The van der Waals surface area contributed by atoms with Crippen LogP contribution in [-0.2, 0) is 0 Å². The summed E-state index contributed by atoms with van der Waals surface area (Å²) in [5.41, 5.74) is 8.53. The monoisotopic (exact) mass is 241 g/mol. The topological polar surface area (TPSA) is 67.8 Å². The van der Waals surface area contributed by atoms with Crippen LogP contribution < -0.4 is 5.73 Å². The molecule has 0 fully saturated rings. The molecule has 0 saturated heterocycles. The van der Waals surface area contributed by atoms with Crippen molar-refractivity contribution in [1.29, 1.82) is 0 Å². The maximum absolute atomic E-state index is 5.64. The summed E-state index contributed by atoms with van der Waals surface area (Å²) >= 11 is 0. The van der Waals surface area contributed by atoms with Crippen molar-refractivity contribution in [3.8, 4) is 11.3 Å². The Bertz CT molecular complexity index is 668. The normalized spacial score (nSPS) is 13.0. The number of furan rings is 1. The molecule has 0 radical (unpaired) electrons. The molecule has 0 aliphatic heterocycles. The molecule has 1 aromatic carbocycles. The van der Waals surface area contributed by atoms with E-state index >= 15 is 0 Å². The second kappa shape index (κ2) is 4.31. The van der Waals surface area contributed by atoms with Gasteiger partial charge in [0.1, 0.15) is 17.7 Å². The number of nitrogens with two attached hydrogens (primary N) is 1. The molecular weight excluding hydrogens is 226 g/mol. The number of rotatable bonds is 3. The third kappa shape index (κ3) is 1.71. The van der Waals surface area contributed by atoms with Gasteiger partial charge in [0.2, 0.25) is 0 Å². The summed E-state index contributed by atoms with van der Waals surface area (Å²) in [5.74, 6) is 1.15. The Morgan fingerprint density at radius 3 is 3.06 bits per heavy atom. The molecule has 0 amide bonds. The lowest BCUT2D eigenvalue weighted by Crippen LogP contribution is -2.10. The Morgan fingerprint density at radius 2 is 2.22 bits per heavy atom. The number of aromatic amines is 1. The minimum atomic E-state index is 0.233. The molecule has 0 bridgehead atoms. The molecule has 18 heavy (non-hydrogen) atoms. The molecule has 92 valence electrons. The molecule has 2 aromatic heterocycles. The van der Waals surface area contributed by atoms with Crippen molar-refractivity contribution in [1.82, 2.24) is 9.97 Å². The second-order valence-corrected chi connectivity index (χ2v) is 4.46. The number of H-pyrrole nitrogens is 1. The number of nitrogens with zero attached hydrogens (tertiary/aromatic N) is 1. The van der Waals surface area contributed by atoms with Crippen LogP contribution in [0.4, 0.5) is 0 Å². The Balaban J connectivity index is 2.07. The molecule has 1 atom stereocenters. The highest BCUT2D eigenvalue weighted by Crippen LogP contribution is 2.29. The van der Waals surface area contributed by atoms with Crippen LogP contribution in [0.3, 0.4) is 0 Å². The van der Waals surface area contributed by atoms with Crippen molar-refractivity contribution < 1.29 is 4.42 Å². The molecule has 0 aliphatic rings. The minimum Gasteiger partial charge on any atom is -0.464 e. The van der Waals surface area contributed by atoms with Crippen molar-refractivity contribution in [2.75, 3.05) is 6.54 Å². The predicted molar refractivity (Wildman–Crippen MR) is 71.3 cm³/mol. The van der Waals surface area contributed by atoms with Gasteiger partial charge >= 0.3 is 0 Å². The van der Waals surface area contributed by atoms with Gasteiger partial charge in [-0.3, -0.25) is 0 Å². The van der Waals surface area contributed by atoms with E-state index in [1.807, 2.05) is 30.5 Å². The van der Waals surface area contributed by atoms with Gasteiger partial charge in [0, 0.05) is 23.4 Å². The largest absolute Gasteiger partial charge is 0.464 e. The molecule has 0 spiro atoms. The quantitative estimate of drug-likeness (QED) is 0.740. The summed E-state index contributed by atoms with van der Waals surface area (Å²) in [6.45, 7) is 2.63. The van der Waals surface area contributed by atoms with Gasteiger partial charge in [-0.05, 0) is 6.07 Å². The van der Waals surface area contributed by atoms with Gasteiger partial charge in [-0.2, -0.15) is 0 Å². The number of hydrogen-bond donors (Lipinski definition) is 2. The molecule has 3 rings (SSSR count). The predicted octanol–water partition coefficient (Wildman–Crippen LogP) is 2.89. The highest BCUT2D eigenvalue weighted by atomic mass is 16.3. The van der Waals surface area contributed by atoms with E-state index in [-0.39, 0.29) is 5.92 Å². The number of hydrogen-bond acceptors (Lipinski definition) is 3. The Morgan fingerprint density at radius 1 is 1.39 bits per heavy atom. The highest BCUT2D eigenvalue weighted by molar-refractivity contribution is 5.92. The number of aromatic nitrogens is 2. The molecular formula is C14H15N3O. The summed E-state index contributed by atoms with van der Waals surface area (Å²) in [6.07, 6.45) is 3.59.